The Balaban J connectivity index is 1.68. The topological polar surface area (TPSA) is 58.4 Å². The number of hydrogen-bond acceptors (Lipinski definition) is 3. The van der Waals surface area contributed by atoms with Crippen LogP contribution in [0.25, 0.3) is 0 Å². The minimum atomic E-state index is -0.228. The van der Waals surface area contributed by atoms with Gasteiger partial charge in [-0.1, -0.05) is 12.8 Å². The lowest BCUT2D eigenvalue weighted by atomic mass is 9.80. The number of aromatic nitrogens is 2. The average Bonchev–Trinajstić information content (AvgIpc) is 3.09. The Morgan fingerprint density at radius 3 is 2.86 bits per heavy atom. The molecule has 5 heteroatoms. The van der Waals surface area contributed by atoms with E-state index in [1.807, 2.05) is 18.0 Å². The first-order valence-corrected chi connectivity index (χ1v) is 8.11. The highest BCUT2D eigenvalue weighted by molar-refractivity contribution is 5.79. The van der Waals surface area contributed by atoms with Gasteiger partial charge in [0.2, 0.25) is 5.91 Å². The van der Waals surface area contributed by atoms with Crippen molar-refractivity contribution in [2.45, 2.75) is 57.1 Å². The summed E-state index contributed by atoms with van der Waals surface area (Å²) in [4.78, 5) is 14.6. The first-order valence-electron chi connectivity index (χ1n) is 8.11. The van der Waals surface area contributed by atoms with Gasteiger partial charge < -0.3 is 10.0 Å². The fourth-order valence-electron chi connectivity index (χ4n) is 3.97. The van der Waals surface area contributed by atoms with Crippen LogP contribution >= 0.6 is 0 Å². The van der Waals surface area contributed by atoms with Gasteiger partial charge in [0.05, 0.1) is 12.5 Å². The van der Waals surface area contributed by atoms with Crippen LogP contribution in [0.15, 0.2) is 12.3 Å². The van der Waals surface area contributed by atoms with Crippen LogP contribution in [0, 0.1) is 5.92 Å². The van der Waals surface area contributed by atoms with Crippen molar-refractivity contribution in [1.82, 2.24) is 14.7 Å². The molecule has 2 heterocycles. The van der Waals surface area contributed by atoms with Gasteiger partial charge in [0.25, 0.3) is 0 Å². The van der Waals surface area contributed by atoms with E-state index in [4.69, 9.17) is 0 Å². The number of aliphatic hydroxyl groups is 1. The molecular formula is C16H25N3O2. The van der Waals surface area contributed by atoms with Gasteiger partial charge in [-0.2, -0.15) is 5.10 Å². The Bertz CT molecular complexity index is 499. The van der Waals surface area contributed by atoms with Crippen LogP contribution in [-0.2, 0) is 18.3 Å². The number of nitrogens with zero attached hydrogens (tertiary/aromatic N) is 3. The quantitative estimate of drug-likeness (QED) is 0.918. The number of amides is 1. The molecule has 5 nitrogen and oxygen atoms in total. The number of carbonyl (C=O) groups excluding carboxylic acids is 1. The molecule has 21 heavy (non-hydrogen) atoms. The fraction of sp³-hybridized carbons (Fsp3) is 0.750. The number of likely N-dealkylation sites (tertiary alicyclic amines) is 1. The van der Waals surface area contributed by atoms with Gasteiger partial charge >= 0.3 is 0 Å². The van der Waals surface area contributed by atoms with Gasteiger partial charge in [0, 0.05) is 37.4 Å². The Hall–Kier alpha value is -1.36. The Labute approximate surface area is 125 Å². The van der Waals surface area contributed by atoms with Crippen molar-refractivity contribution in [2.24, 2.45) is 13.0 Å². The van der Waals surface area contributed by atoms with Crippen LogP contribution in [0.4, 0.5) is 0 Å². The van der Waals surface area contributed by atoms with E-state index in [-0.39, 0.29) is 24.0 Å². The summed E-state index contributed by atoms with van der Waals surface area (Å²) in [5, 5.41) is 14.4. The SMILES string of the molecule is Cn1nccc1CC(=O)N1CCC[C@@H]1[C@@H]1CCCC[C@H]1O. The Kier molecular flexibility index (Phi) is 4.29. The third-order valence-electron chi connectivity index (χ3n) is 5.15. The molecule has 1 aliphatic heterocycles. The summed E-state index contributed by atoms with van der Waals surface area (Å²) in [7, 11) is 1.87. The molecule has 0 radical (unpaired) electrons. The monoisotopic (exact) mass is 291 g/mol. The summed E-state index contributed by atoms with van der Waals surface area (Å²) >= 11 is 0. The second-order valence-electron chi connectivity index (χ2n) is 6.44. The molecule has 1 aliphatic carbocycles. The van der Waals surface area contributed by atoms with Gasteiger partial charge in [0.15, 0.2) is 0 Å². The molecule has 0 spiro atoms. The first-order chi connectivity index (χ1) is 10.2. The maximum Gasteiger partial charge on any atom is 0.228 e. The lowest BCUT2D eigenvalue weighted by Crippen LogP contribution is -2.45. The predicted octanol–water partition coefficient (Wildman–Crippen LogP) is 1.50. The van der Waals surface area contributed by atoms with E-state index in [1.54, 1.807) is 10.9 Å². The number of carbonyl (C=O) groups is 1. The van der Waals surface area contributed by atoms with Crippen molar-refractivity contribution in [2.75, 3.05) is 6.54 Å². The summed E-state index contributed by atoms with van der Waals surface area (Å²) in [6.07, 6.45) is 8.27. The molecule has 2 fully saturated rings. The normalized spacial score (nSPS) is 29.8. The average molecular weight is 291 g/mol. The summed E-state index contributed by atoms with van der Waals surface area (Å²) < 4.78 is 1.76. The van der Waals surface area contributed by atoms with Gasteiger partial charge in [-0.15, -0.1) is 0 Å². The van der Waals surface area contributed by atoms with E-state index in [2.05, 4.69) is 5.10 Å². The summed E-state index contributed by atoms with van der Waals surface area (Å²) in [6.45, 7) is 0.838. The fourth-order valence-corrected chi connectivity index (χ4v) is 3.97. The van der Waals surface area contributed by atoms with Gasteiger partial charge in [-0.05, 0) is 31.7 Å². The van der Waals surface area contributed by atoms with Crippen molar-refractivity contribution >= 4 is 5.91 Å². The maximum atomic E-state index is 12.6. The Morgan fingerprint density at radius 1 is 1.33 bits per heavy atom. The van der Waals surface area contributed by atoms with Crippen LogP contribution in [0.5, 0.6) is 0 Å². The molecule has 1 amide bonds. The lowest BCUT2D eigenvalue weighted by Gasteiger charge is -2.37. The molecule has 1 aromatic heterocycles. The largest absolute Gasteiger partial charge is 0.393 e. The first kappa shape index (κ1) is 14.6. The molecular weight excluding hydrogens is 266 g/mol. The van der Waals surface area contributed by atoms with Gasteiger partial charge in [0.1, 0.15) is 0 Å². The molecule has 3 atom stereocenters. The van der Waals surface area contributed by atoms with Crippen LogP contribution in [0.3, 0.4) is 0 Å². The highest BCUT2D eigenvalue weighted by atomic mass is 16.3. The molecule has 0 aromatic carbocycles. The minimum Gasteiger partial charge on any atom is -0.393 e. The zero-order chi connectivity index (χ0) is 14.8. The molecule has 0 bridgehead atoms. The van der Waals surface area contributed by atoms with E-state index >= 15 is 0 Å². The molecule has 2 aliphatic rings. The third-order valence-corrected chi connectivity index (χ3v) is 5.15. The van der Waals surface area contributed by atoms with Gasteiger partial charge in [-0.25, -0.2) is 0 Å². The van der Waals surface area contributed by atoms with E-state index in [9.17, 15) is 9.90 Å². The number of aliphatic hydroxyl groups excluding tert-OH is 1. The zero-order valence-corrected chi connectivity index (χ0v) is 12.7. The van der Waals surface area contributed by atoms with Gasteiger partial charge in [-0.3, -0.25) is 9.48 Å². The van der Waals surface area contributed by atoms with E-state index in [0.717, 1.165) is 44.3 Å². The zero-order valence-electron chi connectivity index (χ0n) is 12.7. The van der Waals surface area contributed by atoms with Crippen molar-refractivity contribution in [3.05, 3.63) is 18.0 Å². The molecule has 1 N–H and O–H groups in total. The minimum absolute atomic E-state index is 0.180. The van der Waals surface area contributed by atoms with E-state index < -0.39 is 0 Å². The van der Waals surface area contributed by atoms with Crippen molar-refractivity contribution in [1.29, 1.82) is 0 Å². The second-order valence-corrected chi connectivity index (χ2v) is 6.44. The molecule has 1 saturated heterocycles. The standard InChI is InChI=1S/C16H25N3O2/c1-18-12(8-9-17-18)11-16(21)19-10-4-6-14(19)13-5-2-3-7-15(13)20/h8-9,13-15,20H,2-7,10-11H2,1H3/t13-,14+,15+/m0/s1. The highest BCUT2D eigenvalue weighted by Gasteiger charge is 2.38. The molecule has 1 aromatic rings. The van der Waals surface area contributed by atoms with Crippen molar-refractivity contribution in [3.63, 3.8) is 0 Å². The predicted molar refractivity (Wildman–Crippen MR) is 79.6 cm³/mol. The molecule has 1 saturated carbocycles. The second kappa shape index (κ2) is 6.18. The lowest BCUT2D eigenvalue weighted by molar-refractivity contribution is -0.133. The summed E-state index contributed by atoms with van der Waals surface area (Å²) in [6, 6.07) is 2.14. The molecule has 3 rings (SSSR count). The number of rotatable bonds is 3. The smallest absolute Gasteiger partial charge is 0.228 e. The number of aryl methyl sites for hydroxylation is 1. The van der Waals surface area contributed by atoms with E-state index in [0.29, 0.717) is 6.42 Å². The van der Waals surface area contributed by atoms with Crippen LogP contribution in [-0.4, -0.2) is 44.4 Å². The van der Waals surface area contributed by atoms with E-state index in [1.165, 1.54) is 6.42 Å². The summed E-state index contributed by atoms with van der Waals surface area (Å²) in [5.74, 6) is 0.454. The molecule has 116 valence electrons. The van der Waals surface area contributed by atoms with Crippen LogP contribution < -0.4 is 0 Å². The third kappa shape index (κ3) is 2.98. The maximum absolute atomic E-state index is 12.6. The molecule has 0 unspecified atom stereocenters. The van der Waals surface area contributed by atoms with Crippen LogP contribution in [0.1, 0.15) is 44.2 Å². The van der Waals surface area contributed by atoms with Crippen molar-refractivity contribution < 1.29 is 9.90 Å². The van der Waals surface area contributed by atoms with Crippen LogP contribution in [0.2, 0.25) is 0 Å². The highest BCUT2D eigenvalue weighted by Crippen LogP contribution is 2.34. The number of hydrogen-bond donors (Lipinski definition) is 1. The Morgan fingerprint density at radius 2 is 2.14 bits per heavy atom. The van der Waals surface area contributed by atoms with Crippen molar-refractivity contribution in [3.8, 4) is 0 Å². The summed E-state index contributed by atoms with van der Waals surface area (Å²) in [5.41, 5.74) is 0.954.